The average molecular weight is 190 g/mol. The van der Waals surface area contributed by atoms with Crippen molar-refractivity contribution in [3.63, 3.8) is 0 Å². The molecule has 0 amide bonds. The van der Waals surface area contributed by atoms with E-state index in [1.807, 2.05) is 12.1 Å². The van der Waals surface area contributed by atoms with E-state index in [9.17, 15) is 0 Å². The SMILES string of the molecule is NCC1(c2ccc(N)cc2)CCCC1. The molecule has 14 heavy (non-hydrogen) atoms. The van der Waals surface area contributed by atoms with Gasteiger partial charge < -0.3 is 11.5 Å². The van der Waals surface area contributed by atoms with Crippen LogP contribution in [0.5, 0.6) is 0 Å². The molecule has 2 rings (SSSR count). The molecule has 0 aliphatic heterocycles. The predicted molar refractivity (Wildman–Crippen MR) is 60.1 cm³/mol. The van der Waals surface area contributed by atoms with Gasteiger partial charge in [-0.1, -0.05) is 25.0 Å². The molecule has 0 bridgehead atoms. The van der Waals surface area contributed by atoms with E-state index in [1.54, 1.807) is 0 Å². The maximum Gasteiger partial charge on any atom is 0.0314 e. The number of hydrogen-bond acceptors (Lipinski definition) is 2. The summed E-state index contributed by atoms with van der Waals surface area (Å²) in [7, 11) is 0. The normalized spacial score (nSPS) is 19.8. The summed E-state index contributed by atoms with van der Waals surface area (Å²) in [6.07, 6.45) is 5.07. The zero-order valence-electron chi connectivity index (χ0n) is 8.50. The Balaban J connectivity index is 2.31. The zero-order valence-corrected chi connectivity index (χ0v) is 8.50. The maximum atomic E-state index is 5.91. The fourth-order valence-electron chi connectivity index (χ4n) is 2.50. The summed E-state index contributed by atoms with van der Waals surface area (Å²) in [5.41, 5.74) is 14.0. The first-order valence-corrected chi connectivity index (χ1v) is 5.33. The van der Waals surface area contributed by atoms with Gasteiger partial charge in [-0.15, -0.1) is 0 Å². The van der Waals surface area contributed by atoms with Crippen molar-refractivity contribution in [2.45, 2.75) is 31.1 Å². The molecule has 0 unspecified atom stereocenters. The molecule has 1 aliphatic rings. The van der Waals surface area contributed by atoms with Crippen LogP contribution in [0.4, 0.5) is 5.69 Å². The van der Waals surface area contributed by atoms with Crippen LogP contribution in [0, 0.1) is 0 Å². The molecule has 2 heteroatoms. The molecule has 1 aliphatic carbocycles. The second-order valence-electron chi connectivity index (χ2n) is 4.31. The van der Waals surface area contributed by atoms with Crippen LogP contribution < -0.4 is 11.5 Å². The highest BCUT2D eigenvalue weighted by molar-refractivity contribution is 5.42. The summed E-state index contributed by atoms with van der Waals surface area (Å²) in [6, 6.07) is 8.22. The number of benzene rings is 1. The van der Waals surface area contributed by atoms with E-state index in [4.69, 9.17) is 11.5 Å². The minimum atomic E-state index is 0.244. The summed E-state index contributed by atoms with van der Waals surface area (Å²) in [4.78, 5) is 0. The highest BCUT2D eigenvalue weighted by atomic mass is 14.6. The van der Waals surface area contributed by atoms with Crippen molar-refractivity contribution < 1.29 is 0 Å². The van der Waals surface area contributed by atoms with Gasteiger partial charge in [0.25, 0.3) is 0 Å². The molecule has 1 aromatic rings. The van der Waals surface area contributed by atoms with Crippen molar-refractivity contribution >= 4 is 5.69 Å². The third-order valence-electron chi connectivity index (χ3n) is 3.47. The van der Waals surface area contributed by atoms with Crippen molar-refractivity contribution in [1.29, 1.82) is 0 Å². The first kappa shape index (κ1) is 9.53. The number of hydrogen-bond donors (Lipinski definition) is 2. The van der Waals surface area contributed by atoms with Gasteiger partial charge in [-0.05, 0) is 30.5 Å². The molecule has 76 valence electrons. The Kier molecular flexibility index (Phi) is 2.46. The van der Waals surface area contributed by atoms with E-state index in [0.717, 1.165) is 12.2 Å². The summed E-state index contributed by atoms with van der Waals surface area (Å²) in [6.45, 7) is 0.761. The highest BCUT2D eigenvalue weighted by Gasteiger charge is 2.33. The van der Waals surface area contributed by atoms with Crippen LogP contribution in [0.15, 0.2) is 24.3 Å². The minimum Gasteiger partial charge on any atom is -0.399 e. The average Bonchev–Trinajstić information content (AvgIpc) is 2.68. The molecule has 0 saturated heterocycles. The van der Waals surface area contributed by atoms with Gasteiger partial charge in [0.1, 0.15) is 0 Å². The van der Waals surface area contributed by atoms with Crippen LogP contribution >= 0.6 is 0 Å². The van der Waals surface area contributed by atoms with Gasteiger partial charge in [0, 0.05) is 17.6 Å². The zero-order chi connectivity index (χ0) is 10.0. The van der Waals surface area contributed by atoms with Gasteiger partial charge in [-0.25, -0.2) is 0 Å². The van der Waals surface area contributed by atoms with Gasteiger partial charge in [-0.3, -0.25) is 0 Å². The first-order valence-electron chi connectivity index (χ1n) is 5.33. The molecule has 1 fully saturated rings. The molecule has 2 nitrogen and oxygen atoms in total. The lowest BCUT2D eigenvalue weighted by Crippen LogP contribution is -2.31. The topological polar surface area (TPSA) is 52.0 Å². The third kappa shape index (κ3) is 1.50. The number of rotatable bonds is 2. The van der Waals surface area contributed by atoms with Gasteiger partial charge in [0.05, 0.1) is 0 Å². The summed E-state index contributed by atoms with van der Waals surface area (Å²) >= 11 is 0. The second-order valence-corrected chi connectivity index (χ2v) is 4.31. The molecular formula is C12H18N2. The molecule has 0 spiro atoms. The number of nitrogens with two attached hydrogens (primary N) is 2. The van der Waals surface area contributed by atoms with Crippen LogP contribution in [0.25, 0.3) is 0 Å². The van der Waals surface area contributed by atoms with Gasteiger partial charge in [0.2, 0.25) is 0 Å². The Bertz CT molecular complexity index is 297. The number of nitrogen functional groups attached to an aromatic ring is 1. The fourth-order valence-corrected chi connectivity index (χ4v) is 2.50. The molecule has 4 N–H and O–H groups in total. The summed E-state index contributed by atoms with van der Waals surface area (Å²) in [5.74, 6) is 0. The van der Waals surface area contributed by atoms with Crippen LogP contribution in [0.3, 0.4) is 0 Å². The summed E-state index contributed by atoms with van der Waals surface area (Å²) in [5, 5.41) is 0. The van der Waals surface area contributed by atoms with E-state index in [-0.39, 0.29) is 5.41 Å². The Labute approximate surface area is 85.3 Å². The van der Waals surface area contributed by atoms with E-state index in [2.05, 4.69) is 12.1 Å². The predicted octanol–water partition coefficient (Wildman–Crippen LogP) is 2.04. The lowest BCUT2D eigenvalue weighted by atomic mass is 9.79. The third-order valence-corrected chi connectivity index (χ3v) is 3.47. The fraction of sp³-hybridized carbons (Fsp3) is 0.500. The van der Waals surface area contributed by atoms with Crippen LogP contribution in [-0.2, 0) is 5.41 Å². The smallest absolute Gasteiger partial charge is 0.0314 e. The molecule has 1 saturated carbocycles. The standard InChI is InChI=1S/C12H18N2/c13-9-12(7-1-2-8-12)10-3-5-11(14)6-4-10/h3-6H,1-2,7-9,13-14H2. The molecule has 0 atom stereocenters. The van der Waals surface area contributed by atoms with Crippen molar-refractivity contribution in [1.82, 2.24) is 0 Å². The Morgan fingerprint density at radius 3 is 2.14 bits per heavy atom. The van der Waals surface area contributed by atoms with E-state index in [0.29, 0.717) is 0 Å². The number of anilines is 1. The van der Waals surface area contributed by atoms with Crippen LogP contribution in [0.1, 0.15) is 31.2 Å². The first-order chi connectivity index (χ1) is 6.77. The molecule has 0 heterocycles. The molecule has 0 radical (unpaired) electrons. The Morgan fingerprint density at radius 1 is 1.07 bits per heavy atom. The monoisotopic (exact) mass is 190 g/mol. The van der Waals surface area contributed by atoms with Crippen LogP contribution in [0.2, 0.25) is 0 Å². The van der Waals surface area contributed by atoms with Crippen molar-refractivity contribution in [2.24, 2.45) is 5.73 Å². The highest BCUT2D eigenvalue weighted by Crippen LogP contribution is 2.40. The minimum absolute atomic E-state index is 0.244. The molecule has 1 aromatic carbocycles. The van der Waals surface area contributed by atoms with Gasteiger partial charge in [0.15, 0.2) is 0 Å². The Morgan fingerprint density at radius 2 is 1.64 bits per heavy atom. The van der Waals surface area contributed by atoms with Crippen LogP contribution in [-0.4, -0.2) is 6.54 Å². The van der Waals surface area contributed by atoms with Gasteiger partial charge >= 0.3 is 0 Å². The molecular weight excluding hydrogens is 172 g/mol. The molecule has 0 aromatic heterocycles. The van der Waals surface area contributed by atoms with Crippen molar-refractivity contribution in [3.05, 3.63) is 29.8 Å². The van der Waals surface area contributed by atoms with Crippen molar-refractivity contribution in [3.8, 4) is 0 Å². The summed E-state index contributed by atoms with van der Waals surface area (Å²) < 4.78 is 0. The van der Waals surface area contributed by atoms with E-state index < -0.39 is 0 Å². The maximum absolute atomic E-state index is 5.91. The van der Waals surface area contributed by atoms with Crippen molar-refractivity contribution in [2.75, 3.05) is 12.3 Å². The lowest BCUT2D eigenvalue weighted by Gasteiger charge is -2.27. The van der Waals surface area contributed by atoms with E-state index >= 15 is 0 Å². The lowest BCUT2D eigenvalue weighted by molar-refractivity contribution is 0.453. The Hall–Kier alpha value is -1.02. The van der Waals surface area contributed by atoms with E-state index in [1.165, 1.54) is 31.2 Å². The quantitative estimate of drug-likeness (QED) is 0.701. The second kappa shape index (κ2) is 3.62. The largest absolute Gasteiger partial charge is 0.399 e. The van der Waals surface area contributed by atoms with Gasteiger partial charge in [-0.2, -0.15) is 0 Å².